The largest absolute Gasteiger partial charge is 0.354 e. The first-order valence-corrected chi connectivity index (χ1v) is 11.6. The van der Waals surface area contributed by atoms with Crippen LogP contribution in [0.4, 0.5) is 0 Å². The van der Waals surface area contributed by atoms with Crippen LogP contribution in [-0.4, -0.2) is 40.4 Å². The molecule has 0 radical (unpaired) electrons. The summed E-state index contributed by atoms with van der Waals surface area (Å²) in [7, 11) is 0. The van der Waals surface area contributed by atoms with E-state index in [1.807, 2.05) is 24.3 Å². The molecule has 6 heteroatoms. The zero-order chi connectivity index (χ0) is 22.3. The topological polar surface area (TPSA) is 78.1 Å². The monoisotopic (exact) mass is 432 g/mol. The van der Waals surface area contributed by atoms with E-state index in [4.69, 9.17) is 0 Å². The van der Waals surface area contributed by atoms with Gasteiger partial charge in [-0.25, -0.2) is 4.98 Å². The summed E-state index contributed by atoms with van der Waals surface area (Å²) in [5.41, 5.74) is 1.81. The van der Waals surface area contributed by atoms with Gasteiger partial charge in [0, 0.05) is 19.4 Å². The number of rotatable bonds is 8. The van der Waals surface area contributed by atoms with Crippen LogP contribution in [0.15, 0.2) is 59.4 Å². The fourth-order valence-corrected chi connectivity index (χ4v) is 4.44. The molecule has 1 amide bonds. The third-order valence-electron chi connectivity index (χ3n) is 6.42. The van der Waals surface area contributed by atoms with Gasteiger partial charge in [0.1, 0.15) is 5.82 Å². The summed E-state index contributed by atoms with van der Waals surface area (Å²) < 4.78 is 0. The number of aromatic amines is 1. The molecule has 1 unspecified atom stereocenters. The molecule has 0 aliphatic carbocycles. The Morgan fingerprint density at radius 2 is 1.84 bits per heavy atom. The summed E-state index contributed by atoms with van der Waals surface area (Å²) in [6.45, 7) is 5.06. The molecule has 4 rings (SSSR count). The van der Waals surface area contributed by atoms with Gasteiger partial charge >= 0.3 is 0 Å². The molecule has 1 aliphatic heterocycles. The highest BCUT2D eigenvalue weighted by atomic mass is 16.1. The van der Waals surface area contributed by atoms with Crippen LogP contribution in [0, 0.1) is 5.92 Å². The molecule has 0 saturated carbocycles. The first-order chi connectivity index (χ1) is 15.6. The smallest absolute Gasteiger partial charge is 0.258 e. The van der Waals surface area contributed by atoms with Crippen LogP contribution < -0.4 is 10.9 Å². The van der Waals surface area contributed by atoms with E-state index in [9.17, 15) is 9.59 Å². The summed E-state index contributed by atoms with van der Waals surface area (Å²) >= 11 is 0. The third-order valence-corrected chi connectivity index (χ3v) is 6.42. The van der Waals surface area contributed by atoms with Crippen LogP contribution in [0.5, 0.6) is 0 Å². The van der Waals surface area contributed by atoms with Crippen LogP contribution in [0.2, 0.25) is 0 Å². The normalized spacial score (nSPS) is 16.2. The lowest BCUT2D eigenvalue weighted by atomic mass is 9.95. The standard InChI is InChI=1S/C26H32N4O2/c1-19-14-16-30(17-15-19)23(20-8-3-2-4-9-20)18-27-25(31)13-7-12-24-28-22-11-6-5-10-21(22)26(32)29-24/h2-6,8-11,19,23H,7,12-18H2,1H3,(H,27,31)(H,28,29,32). The minimum Gasteiger partial charge on any atom is -0.354 e. The summed E-state index contributed by atoms with van der Waals surface area (Å²) in [6, 6.07) is 18.0. The van der Waals surface area contributed by atoms with E-state index in [1.165, 1.54) is 18.4 Å². The first-order valence-electron chi connectivity index (χ1n) is 11.6. The highest BCUT2D eigenvalue weighted by molar-refractivity contribution is 5.77. The van der Waals surface area contributed by atoms with Crippen LogP contribution in [0.3, 0.4) is 0 Å². The van der Waals surface area contributed by atoms with Crippen LogP contribution >= 0.6 is 0 Å². The number of para-hydroxylation sites is 1. The average molecular weight is 433 g/mol. The Balaban J connectivity index is 1.31. The average Bonchev–Trinajstić information content (AvgIpc) is 2.81. The van der Waals surface area contributed by atoms with E-state index in [0.717, 1.165) is 19.0 Å². The van der Waals surface area contributed by atoms with Gasteiger partial charge in [0.05, 0.1) is 16.9 Å². The number of hydrogen-bond acceptors (Lipinski definition) is 4. The summed E-state index contributed by atoms with van der Waals surface area (Å²) in [6.07, 6.45) is 4.03. The summed E-state index contributed by atoms with van der Waals surface area (Å²) in [4.78, 5) is 34.6. The van der Waals surface area contributed by atoms with E-state index in [2.05, 4.69) is 51.4 Å². The summed E-state index contributed by atoms with van der Waals surface area (Å²) in [5.74, 6) is 1.44. The van der Waals surface area contributed by atoms with E-state index in [1.54, 1.807) is 6.07 Å². The van der Waals surface area contributed by atoms with Crippen molar-refractivity contribution in [2.24, 2.45) is 5.92 Å². The van der Waals surface area contributed by atoms with Gasteiger partial charge in [0.25, 0.3) is 5.56 Å². The van der Waals surface area contributed by atoms with E-state index >= 15 is 0 Å². The van der Waals surface area contributed by atoms with Crippen molar-refractivity contribution in [3.05, 3.63) is 76.3 Å². The highest BCUT2D eigenvalue weighted by Crippen LogP contribution is 2.26. The maximum absolute atomic E-state index is 12.6. The summed E-state index contributed by atoms with van der Waals surface area (Å²) in [5, 5.41) is 3.73. The number of H-pyrrole nitrogens is 1. The lowest BCUT2D eigenvalue weighted by Crippen LogP contribution is -2.41. The molecule has 1 fully saturated rings. The van der Waals surface area contributed by atoms with E-state index in [0.29, 0.717) is 42.5 Å². The molecular weight excluding hydrogens is 400 g/mol. The zero-order valence-corrected chi connectivity index (χ0v) is 18.7. The van der Waals surface area contributed by atoms with Crippen LogP contribution in [-0.2, 0) is 11.2 Å². The molecule has 0 spiro atoms. The number of hydrogen-bond donors (Lipinski definition) is 2. The number of likely N-dealkylation sites (tertiary alicyclic amines) is 1. The van der Waals surface area contributed by atoms with Crippen LogP contribution in [0.1, 0.15) is 50.0 Å². The Morgan fingerprint density at radius 3 is 2.62 bits per heavy atom. The number of carbonyl (C=O) groups is 1. The van der Waals surface area contributed by atoms with E-state index < -0.39 is 0 Å². The number of aromatic nitrogens is 2. The quantitative estimate of drug-likeness (QED) is 0.567. The minimum atomic E-state index is -0.128. The minimum absolute atomic E-state index is 0.0412. The van der Waals surface area contributed by atoms with E-state index in [-0.39, 0.29) is 17.5 Å². The second kappa shape index (κ2) is 10.6. The van der Waals surface area contributed by atoms with Gasteiger partial charge in [-0.15, -0.1) is 0 Å². The van der Waals surface area contributed by atoms with Crippen molar-refractivity contribution < 1.29 is 4.79 Å². The second-order valence-electron chi connectivity index (χ2n) is 8.83. The van der Waals surface area contributed by atoms with Gasteiger partial charge < -0.3 is 10.3 Å². The Morgan fingerprint density at radius 1 is 1.12 bits per heavy atom. The molecule has 32 heavy (non-hydrogen) atoms. The van der Waals surface area contributed by atoms with Crippen molar-refractivity contribution in [1.82, 2.24) is 20.2 Å². The Hall–Kier alpha value is -2.99. The van der Waals surface area contributed by atoms with Gasteiger partial charge in [-0.2, -0.15) is 0 Å². The Kier molecular flexibility index (Phi) is 7.32. The number of amides is 1. The lowest BCUT2D eigenvalue weighted by molar-refractivity contribution is -0.121. The van der Waals surface area contributed by atoms with Crippen molar-refractivity contribution in [2.75, 3.05) is 19.6 Å². The first kappa shape index (κ1) is 22.2. The van der Waals surface area contributed by atoms with Crippen molar-refractivity contribution in [3.63, 3.8) is 0 Å². The molecular formula is C26H32N4O2. The lowest BCUT2D eigenvalue weighted by Gasteiger charge is -2.37. The zero-order valence-electron chi connectivity index (χ0n) is 18.7. The predicted octanol–water partition coefficient (Wildman–Crippen LogP) is 3.84. The maximum atomic E-state index is 12.6. The van der Waals surface area contributed by atoms with Crippen molar-refractivity contribution >= 4 is 16.8 Å². The number of piperidine rings is 1. The highest BCUT2D eigenvalue weighted by Gasteiger charge is 2.24. The molecule has 2 heterocycles. The van der Waals surface area contributed by atoms with Crippen molar-refractivity contribution in [3.8, 4) is 0 Å². The van der Waals surface area contributed by atoms with Gasteiger partial charge in [-0.05, 0) is 56.0 Å². The molecule has 0 bridgehead atoms. The third kappa shape index (κ3) is 5.62. The Bertz CT molecular complexity index is 1090. The van der Waals surface area contributed by atoms with Gasteiger partial charge in [-0.1, -0.05) is 49.4 Å². The molecule has 168 valence electrons. The van der Waals surface area contributed by atoms with Gasteiger partial charge in [0.2, 0.25) is 5.91 Å². The number of benzene rings is 2. The number of carbonyl (C=O) groups excluding carboxylic acids is 1. The SMILES string of the molecule is CC1CCN(C(CNC(=O)CCCc2nc3ccccc3c(=O)[nH]2)c2ccccc2)CC1. The molecule has 2 N–H and O–H groups in total. The molecule has 6 nitrogen and oxygen atoms in total. The molecule has 1 saturated heterocycles. The molecule has 2 aromatic carbocycles. The fraction of sp³-hybridized carbons (Fsp3) is 0.423. The fourth-order valence-electron chi connectivity index (χ4n) is 4.44. The second-order valence-corrected chi connectivity index (χ2v) is 8.83. The number of nitrogens with one attached hydrogen (secondary N) is 2. The number of aryl methyl sites for hydroxylation is 1. The van der Waals surface area contributed by atoms with Gasteiger partial charge in [-0.3, -0.25) is 14.5 Å². The number of fused-ring (bicyclic) bond motifs is 1. The molecule has 1 aromatic heterocycles. The molecule has 1 atom stereocenters. The van der Waals surface area contributed by atoms with Crippen molar-refractivity contribution in [2.45, 2.75) is 45.1 Å². The van der Waals surface area contributed by atoms with Crippen LogP contribution in [0.25, 0.3) is 10.9 Å². The Labute approximate surface area is 189 Å². The molecule has 3 aromatic rings. The van der Waals surface area contributed by atoms with Crippen molar-refractivity contribution in [1.29, 1.82) is 0 Å². The maximum Gasteiger partial charge on any atom is 0.258 e. The van der Waals surface area contributed by atoms with Gasteiger partial charge in [0.15, 0.2) is 0 Å². The number of nitrogens with zero attached hydrogens (tertiary/aromatic N) is 2. The predicted molar refractivity (Wildman–Crippen MR) is 127 cm³/mol. The molecule has 1 aliphatic rings.